The van der Waals surface area contributed by atoms with Crippen LogP contribution in [0.1, 0.15) is 18.1 Å². The first kappa shape index (κ1) is 21.1. The van der Waals surface area contributed by atoms with Crippen molar-refractivity contribution in [2.75, 3.05) is 11.9 Å². The summed E-state index contributed by atoms with van der Waals surface area (Å²) in [7, 11) is 0. The van der Waals surface area contributed by atoms with E-state index >= 15 is 0 Å². The summed E-state index contributed by atoms with van der Waals surface area (Å²) in [5.41, 5.74) is -0.535. The van der Waals surface area contributed by atoms with Crippen LogP contribution in [-0.4, -0.2) is 41.0 Å². The van der Waals surface area contributed by atoms with E-state index in [9.17, 15) is 23.5 Å². The van der Waals surface area contributed by atoms with Crippen LogP contribution in [0.5, 0.6) is 5.75 Å². The number of rotatable bonds is 8. The average Bonchev–Trinajstić information content (AvgIpc) is 2.63. The number of alkyl halides is 2. The Balaban J connectivity index is 2.13. The fourth-order valence-corrected chi connectivity index (χ4v) is 2.33. The molecule has 0 aliphatic rings. The Bertz CT molecular complexity index is 828. The number of hydrogen-bond acceptors (Lipinski definition) is 4. The molecule has 2 rings (SSSR count). The average molecular weight is 394 g/mol. The van der Waals surface area contributed by atoms with Gasteiger partial charge >= 0.3 is 18.6 Å². The van der Waals surface area contributed by atoms with E-state index in [0.717, 1.165) is 12.5 Å². The van der Waals surface area contributed by atoms with Crippen LogP contribution in [-0.2, 0) is 11.2 Å². The van der Waals surface area contributed by atoms with Crippen LogP contribution in [0.4, 0.5) is 19.3 Å². The number of benzene rings is 2. The van der Waals surface area contributed by atoms with Crippen LogP contribution < -0.4 is 15.4 Å². The highest BCUT2D eigenvalue weighted by Gasteiger charge is 2.30. The van der Waals surface area contributed by atoms with Crippen LogP contribution in [0.15, 0.2) is 48.5 Å². The maximum Gasteiger partial charge on any atom is 0.387 e. The van der Waals surface area contributed by atoms with Gasteiger partial charge in [0.05, 0.1) is 6.54 Å². The van der Waals surface area contributed by atoms with E-state index in [1.807, 2.05) is 30.3 Å². The van der Waals surface area contributed by atoms with E-state index in [2.05, 4.69) is 15.4 Å². The van der Waals surface area contributed by atoms with Crippen molar-refractivity contribution in [2.45, 2.75) is 25.6 Å². The quantitative estimate of drug-likeness (QED) is 0.551. The Kier molecular flexibility index (Phi) is 6.89. The number of urea groups is 1. The second kappa shape index (κ2) is 9.14. The van der Waals surface area contributed by atoms with Gasteiger partial charge in [0.1, 0.15) is 5.75 Å². The molecule has 28 heavy (non-hydrogen) atoms. The van der Waals surface area contributed by atoms with Crippen molar-refractivity contribution in [1.82, 2.24) is 5.32 Å². The summed E-state index contributed by atoms with van der Waals surface area (Å²) >= 11 is 0. The largest absolute Gasteiger partial charge is 0.479 e. The molecule has 0 bridgehead atoms. The summed E-state index contributed by atoms with van der Waals surface area (Å²) < 4.78 is 29.8. The van der Waals surface area contributed by atoms with E-state index in [4.69, 9.17) is 5.11 Å². The Morgan fingerprint density at radius 2 is 1.86 bits per heavy atom. The number of hydrogen-bond donors (Lipinski definition) is 4. The summed E-state index contributed by atoms with van der Waals surface area (Å²) in [6.45, 7) is -2.46. The molecular weight excluding hydrogens is 374 g/mol. The molecule has 0 heterocycles. The molecule has 0 saturated heterocycles. The van der Waals surface area contributed by atoms with E-state index in [0.29, 0.717) is 17.7 Å². The molecular formula is C19H20F2N2O5. The molecule has 0 saturated carbocycles. The fraction of sp³-hybridized carbons (Fsp3) is 0.263. The summed E-state index contributed by atoms with van der Waals surface area (Å²) in [4.78, 5) is 22.8. The van der Waals surface area contributed by atoms with Crippen molar-refractivity contribution in [1.29, 1.82) is 0 Å². The van der Waals surface area contributed by atoms with Gasteiger partial charge in [0, 0.05) is 17.7 Å². The normalized spacial score (nSPS) is 12.9. The first-order valence-corrected chi connectivity index (χ1v) is 8.29. The lowest BCUT2D eigenvalue weighted by Gasteiger charge is -2.19. The number of aliphatic carboxylic acids is 1. The lowest BCUT2D eigenvalue weighted by Crippen LogP contribution is -2.47. The highest BCUT2D eigenvalue weighted by Crippen LogP contribution is 2.27. The molecule has 1 unspecified atom stereocenters. The van der Waals surface area contributed by atoms with Gasteiger partial charge in [-0.1, -0.05) is 30.3 Å². The number of amides is 2. The Hall–Kier alpha value is -3.20. The van der Waals surface area contributed by atoms with E-state index in [1.54, 1.807) is 0 Å². The summed E-state index contributed by atoms with van der Waals surface area (Å²) in [6.07, 6.45) is 0.299. The summed E-state index contributed by atoms with van der Waals surface area (Å²) in [5.74, 6) is -1.50. The number of aliphatic hydroxyl groups is 1. The van der Waals surface area contributed by atoms with Gasteiger partial charge in [-0.2, -0.15) is 8.78 Å². The van der Waals surface area contributed by atoms with Crippen LogP contribution in [0.25, 0.3) is 0 Å². The second-order valence-corrected chi connectivity index (χ2v) is 6.25. The van der Waals surface area contributed by atoms with Crippen molar-refractivity contribution in [3.05, 3.63) is 59.7 Å². The SMILES string of the molecule is CC(O)(CNC(=O)Nc1ccc(OC(F)F)c(Cc2ccccc2)c1)C(=O)O. The molecule has 0 fully saturated rings. The zero-order valence-corrected chi connectivity index (χ0v) is 15.0. The number of carbonyl (C=O) groups excluding carboxylic acids is 1. The van der Waals surface area contributed by atoms with Gasteiger partial charge in [-0.3, -0.25) is 0 Å². The minimum atomic E-state index is -2.99. The van der Waals surface area contributed by atoms with Gasteiger partial charge in [-0.05, 0) is 30.7 Å². The Morgan fingerprint density at radius 3 is 2.46 bits per heavy atom. The molecule has 0 aromatic heterocycles. The number of carboxylic acid groups (broad SMARTS) is 1. The zero-order chi connectivity index (χ0) is 20.7. The maximum atomic E-state index is 12.7. The van der Waals surface area contributed by atoms with Crippen LogP contribution in [0.2, 0.25) is 0 Å². The molecule has 7 nitrogen and oxygen atoms in total. The van der Waals surface area contributed by atoms with Crippen molar-refractivity contribution in [3.63, 3.8) is 0 Å². The molecule has 9 heteroatoms. The minimum Gasteiger partial charge on any atom is -0.479 e. The summed E-state index contributed by atoms with van der Waals surface area (Å²) in [6, 6.07) is 12.5. The van der Waals surface area contributed by atoms with Gasteiger partial charge in [0.15, 0.2) is 5.60 Å². The van der Waals surface area contributed by atoms with Crippen LogP contribution >= 0.6 is 0 Å². The first-order valence-electron chi connectivity index (χ1n) is 8.29. The van der Waals surface area contributed by atoms with E-state index in [-0.39, 0.29) is 5.75 Å². The third-order valence-corrected chi connectivity index (χ3v) is 3.83. The van der Waals surface area contributed by atoms with Gasteiger partial charge in [0.2, 0.25) is 0 Å². The predicted octanol–water partition coefficient (Wildman–Crippen LogP) is 2.84. The lowest BCUT2D eigenvalue weighted by atomic mass is 10.0. The molecule has 2 aromatic carbocycles. The predicted molar refractivity (Wildman–Crippen MR) is 97.6 cm³/mol. The van der Waals surface area contributed by atoms with E-state index in [1.165, 1.54) is 18.2 Å². The molecule has 0 spiro atoms. The van der Waals surface area contributed by atoms with Crippen LogP contribution in [0.3, 0.4) is 0 Å². The number of anilines is 1. The number of nitrogens with one attached hydrogen (secondary N) is 2. The molecule has 1 atom stereocenters. The highest BCUT2D eigenvalue weighted by molar-refractivity contribution is 5.90. The number of carbonyl (C=O) groups is 2. The molecule has 2 amide bonds. The van der Waals surface area contributed by atoms with Crippen molar-refractivity contribution in [2.24, 2.45) is 0 Å². The molecule has 0 aliphatic carbocycles. The molecule has 0 aliphatic heterocycles. The standard InChI is InChI=1S/C19H20F2N2O5/c1-19(27,16(24)25)11-22-18(26)23-14-7-8-15(28-17(20)21)13(10-14)9-12-5-3-2-4-6-12/h2-8,10,17,27H,9,11H2,1H3,(H,24,25)(H2,22,23,26). The van der Waals surface area contributed by atoms with Crippen molar-refractivity contribution in [3.8, 4) is 5.75 Å². The molecule has 150 valence electrons. The number of ether oxygens (including phenoxy) is 1. The Morgan fingerprint density at radius 1 is 1.18 bits per heavy atom. The second-order valence-electron chi connectivity index (χ2n) is 6.25. The number of halogens is 2. The van der Waals surface area contributed by atoms with Gasteiger partial charge in [-0.25, -0.2) is 9.59 Å². The highest BCUT2D eigenvalue weighted by atomic mass is 19.3. The van der Waals surface area contributed by atoms with Crippen molar-refractivity contribution >= 4 is 17.7 Å². The monoisotopic (exact) mass is 394 g/mol. The van der Waals surface area contributed by atoms with Crippen LogP contribution in [0, 0.1) is 0 Å². The summed E-state index contributed by atoms with van der Waals surface area (Å²) in [5, 5.41) is 23.1. The Labute approximate surface area is 159 Å². The van der Waals surface area contributed by atoms with Gasteiger partial charge in [0.25, 0.3) is 0 Å². The smallest absolute Gasteiger partial charge is 0.387 e. The first-order chi connectivity index (χ1) is 13.2. The maximum absolute atomic E-state index is 12.7. The van der Waals surface area contributed by atoms with Gasteiger partial charge < -0.3 is 25.6 Å². The zero-order valence-electron chi connectivity index (χ0n) is 15.0. The van der Waals surface area contributed by atoms with Crippen molar-refractivity contribution < 1.29 is 33.3 Å². The third-order valence-electron chi connectivity index (χ3n) is 3.83. The molecule has 0 radical (unpaired) electrons. The third kappa shape index (κ3) is 6.20. The number of carboxylic acids is 1. The minimum absolute atomic E-state index is 0.0152. The molecule has 2 aromatic rings. The topological polar surface area (TPSA) is 108 Å². The molecule has 4 N–H and O–H groups in total. The van der Waals surface area contributed by atoms with E-state index < -0.39 is 30.8 Å². The fourth-order valence-electron chi connectivity index (χ4n) is 2.33. The van der Waals surface area contributed by atoms with Gasteiger partial charge in [-0.15, -0.1) is 0 Å². The lowest BCUT2D eigenvalue weighted by molar-refractivity contribution is -0.155.